The number of carboxylic acid groups (broad SMARTS) is 1. The van der Waals surface area contributed by atoms with Crippen LogP contribution in [0.15, 0.2) is 18.5 Å². The third-order valence-corrected chi connectivity index (χ3v) is 1.82. The second-order valence-electron chi connectivity index (χ2n) is 2.80. The maximum Gasteiger partial charge on any atom is 0.356 e. The molecule has 0 atom stereocenters. The Labute approximate surface area is 79.0 Å². The lowest BCUT2D eigenvalue weighted by Gasteiger charge is -1.95. The maximum absolute atomic E-state index is 10.6. The summed E-state index contributed by atoms with van der Waals surface area (Å²) in [5.41, 5.74) is 6.69. The third-order valence-electron chi connectivity index (χ3n) is 1.82. The lowest BCUT2D eigenvalue weighted by molar-refractivity contribution is 0.0690. The molecule has 3 N–H and O–H groups in total. The van der Waals surface area contributed by atoms with E-state index in [-0.39, 0.29) is 5.69 Å². The predicted molar refractivity (Wildman–Crippen MR) is 47.8 cm³/mol. The molecule has 2 aromatic rings. The van der Waals surface area contributed by atoms with E-state index in [0.717, 1.165) is 5.56 Å². The second kappa shape index (κ2) is 3.08. The van der Waals surface area contributed by atoms with Crippen LogP contribution in [-0.4, -0.2) is 25.7 Å². The van der Waals surface area contributed by atoms with Gasteiger partial charge in [0.2, 0.25) is 0 Å². The summed E-state index contributed by atoms with van der Waals surface area (Å²) in [5.74, 6) is -1.07. The van der Waals surface area contributed by atoms with E-state index in [4.69, 9.17) is 10.8 Å². The van der Waals surface area contributed by atoms with Crippen LogP contribution in [0.2, 0.25) is 0 Å². The maximum atomic E-state index is 10.6. The Morgan fingerprint density at radius 1 is 1.64 bits per heavy atom. The van der Waals surface area contributed by atoms with Crippen LogP contribution in [0.1, 0.15) is 16.1 Å². The highest BCUT2D eigenvalue weighted by Gasteiger charge is 2.09. The first-order chi connectivity index (χ1) is 6.70. The van der Waals surface area contributed by atoms with Crippen LogP contribution in [0.5, 0.6) is 0 Å². The monoisotopic (exact) mass is 192 g/mol. The second-order valence-corrected chi connectivity index (χ2v) is 2.80. The summed E-state index contributed by atoms with van der Waals surface area (Å²) in [6.07, 6.45) is 3.26. The molecule has 0 fully saturated rings. The largest absolute Gasteiger partial charge is 0.476 e. The molecule has 6 heteroatoms. The van der Waals surface area contributed by atoms with Gasteiger partial charge in [-0.3, -0.25) is 0 Å². The van der Waals surface area contributed by atoms with Gasteiger partial charge in [0.25, 0.3) is 0 Å². The summed E-state index contributed by atoms with van der Waals surface area (Å²) in [6.45, 7) is 0.352. The van der Waals surface area contributed by atoms with Gasteiger partial charge in [0.1, 0.15) is 0 Å². The van der Waals surface area contributed by atoms with E-state index in [1.165, 1.54) is 10.6 Å². The minimum Gasteiger partial charge on any atom is -0.476 e. The van der Waals surface area contributed by atoms with Crippen molar-refractivity contribution in [2.45, 2.75) is 6.54 Å². The molecule has 0 radical (unpaired) electrons. The van der Waals surface area contributed by atoms with Crippen LogP contribution in [0.25, 0.3) is 5.65 Å². The van der Waals surface area contributed by atoms with Gasteiger partial charge in [-0.05, 0) is 0 Å². The molecular weight excluding hydrogens is 184 g/mol. The fourth-order valence-corrected chi connectivity index (χ4v) is 1.13. The Hall–Kier alpha value is -1.95. The average Bonchev–Trinajstić information content (AvgIpc) is 2.59. The highest BCUT2D eigenvalue weighted by molar-refractivity contribution is 5.86. The standard InChI is InChI=1S/C8H8N4O2/c9-2-5-3-10-7-1-6(8(13)14)11-12(7)4-5/h1,3-4H,2,9H2,(H,13,14). The number of nitrogens with zero attached hydrogens (tertiary/aromatic N) is 3. The Bertz CT molecular complexity index is 491. The molecule has 0 aliphatic rings. The molecule has 0 spiro atoms. The van der Waals surface area contributed by atoms with Gasteiger partial charge in [0, 0.05) is 30.6 Å². The molecule has 0 aliphatic carbocycles. The van der Waals surface area contributed by atoms with Crippen LogP contribution in [0, 0.1) is 0 Å². The lowest BCUT2D eigenvalue weighted by atomic mass is 10.3. The zero-order valence-corrected chi connectivity index (χ0v) is 7.21. The van der Waals surface area contributed by atoms with Crippen LogP contribution in [-0.2, 0) is 6.54 Å². The Kier molecular flexibility index (Phi) is 1.90. The van der Waals surface area contributed by atoms with Crippen LogP contribution in [0.4, 0.5) is 0 Å². The normalized spacial score (nSPS) is 10.6. The van der Waals surface area contributed by atoms with Crippen molar-refractivity contribution < 1.29 is 9.90 Å². The number of aromatic nitrogens is 3. The topological polar surface area (TPSA) is 93.5 Å². The molecule has 72 valence electrons. The van der Waals surface area contributed by atoms with Crippen molar-refractivity contribution in [3.63, 3.8) is 0 Å². The fraction of sp³-hybridized carbons (Fsp3) is 0.125. The number of carbonyl (C=O) groups is 1. The Morgan fingerprint density at radius 3 is 3.07 bits per heavy atom. The summed E-state index contributed by atoms with van der Waals surface area (Å²) < 4.78 is 1.41. The number of rotatable bonds is 2. The summed E-state index contributed by atoms with van der Waals surface area (Å²) in [5, 5.41) is 12.5. The molecule has 0 aromatic carbocycles. The van der Waals surface area contributed by atoms with Gasteiger partial charge in [-0.1, -0.05) is 0 Å². The first-order valence-electron chi connectivity index (χ1n) is 3.98. The molecule has 6 nitrogen and oxygen atoms in total. The molecule has 0 saturated carbocycles. The van der Waals surface area contributed by atoms with Crippen molar-refractivity contribution in [2.75, 3.05) is 0 Å². The van der Waals surface area contributed by atoms with E-state index < -0.39 is 5.97 Å². The van der Waals surface area contributed by atoms with Gasteiger partial charge >= 0.3 is 5.97 Å². The minimum atomic E-state index is -1.07. The molecule has 0 amide bonds. The molecule has 0 bridgehead atoms. The zero-order valence-electron chi connectivity index (χ0n) is 7.21. The van der Waals surface area contributed by atoms with Gasteiger partial charge in [-0.2, -0.15) is 5.10 Å². The van der Waals surface area contributed by atoms with Gasteiger partial charge in [0.15, 0.2) is 11.3 Å². The van der Waals surface area contributed by atoms with E-state index >= 15 is 0 Å². The molecule has 0 unspecified atom stereocenters. The molecule has 2 heterocycles. The Morgan fingerprint density at radius 2 is 2.43 bits per heavy atom. The number of hydrogen-bond acceptors (Lipinski definition) is 4. The van der Waals surface area contributed by atoms with Crippen molar-refractivity contribution in [1.29, 1.82) is 0 Å². The van der Waals surface area contributed by atoms with E-state index in [0.29, 0.717) is 12.2 Å². The zero-order chi connectivity index (χ0) is 10.1. The molecule has 14 heavy (non-hydrogen) atoms. The van der Waals surface area contributed by atoms with Crippen molar-refractivity contribution in [1.82, 2.24) is 14.6 Å². The van der Waals surface area contributed by atoms with Crippen LogP contribution < -0.4 is 5.73 Å². The van der Waals surface area contributed by atoms with Crippen LogP contribution >= 0.6 is 0 Å². The third kappa shape index (κ3) is 1.31. The van der Waals surface area contributed by atoms with Crippen molar-refractivity contribution in [3.05, 3.63) is 29.7 Å². The number of aromatic carboxylic acids is 1. The SMILES string of the molecule is NCc1cnc2cc(C(=O)O)nn2c1. The van der Waals surface area contributed by atoms with Gasteiger partial charge in [-0.15, -0.1) is 0 Å². The average molecular weight is 192 g/mol. The molecular formula is C8H8N4O2. The number of hydrogen-bond donors (Lipinski definition) is 2. The van der Waals surface area contributed by atoms with Crippen molar-refractivity contribution >= 4 is 11.6 Å². The smallest absolute Gasteiger partial charge is 0.356 e. The molecule has 0 aliphatic heterocycles. The first kappa shape index (κ1) is 8.64. The molecule has 0 saturated heterocycles. The number of carboxylic acids is 1. The Balaban J connectivity index is 2.60. The first-order valence-corrected chi connectivity index (χ1v) is 3.98. The van der Waals surface area contributed by atoms with E-state index in [2.05, 4.69) is 10.1 Å². The quantitative estimate of drug-likeness (QED) is 0.692. The summed E-state index contributed by atoms with van der Waals surface area (Å²) in [4.78, 5) is 14.6. The number of nitrogens with two attached hydrogens (primary N) is 1. The van der Waals surface area contributed by atoms with E-state index in [9.17, 15) is 4.79 Å². The predicted octanol–water partition coefficient (Wildman–Crippen LogP) is -0.114. The molecule has 2 aromatic heterocycles. The van der Waals surface area contributed by atoms with Gasteiger partial charge in [0.05, 0.1) is 0 Å². The molecule has 2 rings (SSSR count). The van der Waals surface area contributed by atoms with Gasteiger partial charge < -0.3 is 10.8 Å². The number of fused-ring (bicyclic) bond motifs is 1. The highest BCUT2D eigenvalue weighted by Crippen LogP contribution is 2.04. The minimum absolute atomic E-state index is 0.0216. The van der Waals surface area contributed by atoms with E-state index in [1.54, 1.807) is 12.4 Å². The fourth-order valence-electron chi connectivity index (χ4n) is 1.13. The highest BCUT2D eigenvalue weighted by atomic mass is 16.4. The van der Waals surface area contributed by atoms with Crippen molar-refractivity contribution in [3.8, 4) is 0 Å². The van der Waals surface area contributed by atoms with Gasteiger partial charge in [-0.25, -0.2) is 14.3 Å². The summed E-state index contributed by atoms with van der Waals surface area (Å²) in [6, 6.07) is 1.41. The van der Waals surface area contributed by atoms with Crippen molar-refractivity contribution in [2.24, 2.45) is 5.73 Å². The summed E-state index contributed by atoms with van der Waals surface area (Å²) in [7, 11) is 0. The summed E-state index contributed by atoms with van der Waals surface area (Å²) >= 11 is 0. The lowest BCUT2D eigenvalue weighted by Crippen LogP contribution is -2.01. The van der Waals surface area contributed by atoms with E-state index in [1.807, 2.05) is 0 Å². The van der Waals surface area contributed by atoms with Crippen LogP contribution in [0.3, 0.4) is 0 Å².